The van der Waals surface area contributed by atoms with Gasteiger partial charge in [0, 0.05) is 11.4 Å². The number of amides is 1. The number of rotatable bonds is 8. The van der Waals surface area contributed by atoms with Gasteiger partial charge in [0.1, 0.15) is 5.00 Å². The fraction of sp³-hybridized carbons (Fsp3) is 0.474. The SMILES string of the molecule is CCOC(=O)c1c(C2CC2)csc1NC(=O)CN(C)Cc1sccc1C. The summed E-state index contributed by atoms with van der Waals surface area (Å²) in [6.07, 6.45) is 2.19. The molecule has 0 saturated heterocycles. The Morgan fingerprint density at radius 2 is 2.12 bits per heavy atom. The molecule has 0 radical (unpaired) electrons. The minimum Gasteiger partial charge on any atom is -0.462 e. The molecule has 0 unspecified atom stereocenters. The van der Waals surface area contributed by atoms with Gasteiger partial charge in [-0.1, -0.05) is 0 Å². The summed E-state index contributed by atoms with van der Waals surface area (Å²) < 4.78 is 5.20. The number of nitrogens with one attached hydrogen (secondary N) is 1. The maximum absolute atomic E-state index is 12.5. The average Bonchev–Trinajstić information content (AvgIpc) is 3.23. The van der Waals surface area contributed by atoms with Crippen LogP contribution in [0.4, 0.5) is 5.00 Å². The van der Waals surface area contributed by atoms with Gasteiger partial charge in [0.15, 0.2) is 0 Å². The maximum Gasteiger partial charge on any atom is 0.341 e. The lowest BCUT2D eigenvalue weighted by Gasteiger charge is -2.16. The molecular weight excluding hydrogens is 368 g/mol. The Hall–Kier alpha value is -1.70. The van der Waals surface area contributed by atoms with Gasteiger partial charge in [0.2, 0.25) is 5.91 Å². The zero-order valence-electron chi connectivity index (χ0n) is 15.3. The van der Waals surface area contributed by atoms with E-state index in [4.69, 9.17) is 4.74 Å². The monoisotopic (exact) mass is 392 g/mol. The first-order valence-electron chi connectivity index (χ1n) is 8.79. The molecule has 1 aliphatic carbocycles. The van der Waals surface area contributed by atoms with Crippen molar-refractivity contribution >= 4 is 39.6 Å². The lowest BCUT2D eigenvalue weighted by Crippen LogP contribution is -2.30. The molecule has 0 bridgehead atoms. The number of anilines is 1. The summed E-state index contributed by atoms with van der Waals surface area (Å²) in [5, 5.41) is 7.58. The molecule has 2 aromatic heterocycles. The highest BCUT2D eigenvalue weighted by atomic mass is 32.1. The Morgan fingerprint density at radius 3 is 2.73 bits per heavy atom. The van der Waals surface area contributed by atoms with Gasteiger partial charge in [0.25, 0.3) is 0 Å². The van der Waals surface area contributed by atoms with Crippen LogP contribution in [-0.2, 0) is 16.1 Å². The topological polar surface area (TPSA) is 58.6 Å². The van der Waals surface area contributed by atoms with Crippen molar-refractivity contribution in [3.05, 3.63) is 38.4 Å². The Labute approximate surface area is 162 Å². The van der Waals surface area contributed by atoms with Crippen LogP contribution in [0.3, 0.4) is 0 Å². The summed E-state index contributed by atoms with van der Waals surface area (Å²) in [5.74, 6) is -0.0224. The van der Waals surface area contributed by atoms with Crippen LogP contribution in [0.1, 0.15) is 52.0 Å². The Morgan fingerprint density at radius 1 is 1.35 bits per heavy atom. The third kappa shape index (κ3) is 4.52. The summed E-state index contributed by atoms with van der Waals surface area (Å²) >= 11 is 3.11. The number of hydrogen-bond donors (Lipinski definition) is 1. The van der Waals surface area contributed by atoms with Gasteiger partial charge in [-0.25, -0.2) is 4.79 Å². The van der Waals surface area contributed by atoms with Crippen molar-refractivity contribution in [2.75, 3.05) is 25.5 Å². The van der Waals surface area contributed by atoms with E-state index in [1.807, 2.05) is 17.3 Å². The molecule has 1 amide bonds. The second kappa shape index (κ2) is 8.33. The van der Waals surface area contributed by atoms with Crippen LogP contribution in [0.5, 0.6) is 0 Å². The molecule has 1 N–H and O–H groups in total. The van der Waals surface area contributed by atoms with E-state index in [9.17, 15) is 9.59 Å². The minimum atomic E-state index is -0.339. The fourth-order valence-corrected chi connectivity index (χ4v) is 4.88. The lowest BCUT2D eigenvalue weighted by atomic mass is 10.1. The predicted molar refractivity (Wildman–Crippen MR) is 106 cm³/mol. The van der Waals surface area contributed by atoms with E-state index in [1.165, 1.54) is 21.8 Å². The summed E-state index contributed by atoms with van der Waals surface area (Å²) in [7, 11) is 1.93. The molecule has 0 aromatic carbocycles. The van der Waals surface area contributed by atoms with Crippen LogP contribution in [0, 0.1) is 6.92 Å². The van der Waals surface area contributed by atoms with Crippen molar-refractivity contribution in [1.29, 1.82) is 0 Å². The zero-order chi connectivity index (χ0) is 18.7. The summed E-state index contributed by atoms with van der Waals surface area (Å²) in [5.41, 5.74) is 2.81. The van der Waals surface area contributed by atoms with E-state index < -0.39 is 0 Å². The van der Waals surface area contributed by atoms with Crippen LogP contribution >= 0.6 is 22.7 Å². The number of likely N-dealkylation sites (N-methyl/N-ethyl adjacent to an activating group) is 1. The van der Waals surface area contributed by atoms with Crippen molar-refractivity contribution in [2.45, 2.75) is 39.2 Å². The molecule has 1 fully saturated rings. The molecule has 0 atom stereocenters. The normalized spacial score (nSPS) is 13.8. The van der Waals surface area contributed by atoms with Crippen molar-refractivity contribution < 1.29 is 14.3 Å². The van der Waals surface area contributed by atoms with Crippen LogP contribution in [0.25, 0.3) is 0 Å². The van der Waals surface area contributed by atoms with Gasteiger partial charge in [-0.05, 0) is 67.6 Å². The van der Waals surface area contributed by atoms with Gasteiger partial charge in [-0.15, -0.1) is 22.7 Å². The molecule has 26 heavy (non-hydrogen) atoms. The summed E-state index contributed by atoms with van der Waals surface area (Å²) in [6.45, 7) is 5.21. The Balaban J connectivity index is 1.65. The van der Waals surface area contributed by atoms with E-state index >= 15 is 0 Å². The smallest absolute Gasteiger partial charge is 0.341 e. The highest BCUT2D eigenvalue weighted by molar-refractivity contribution is 7.15. The van der Waals surface area contributed by atoms with Gasteiger partial charge < -0.3 is 10.1 Å². The quantitative estimate of drug-likeness (QED) is 0.683. The van der Waals surface area contributed by atoms with Crippen LogP contribution < -0.4 is 5.32 Å². The number of ether oxygens (including phenoxy) is 1. The van der Waals surface area contributed by atoms with Crippen molar-refractivity contribution in [3.8, 4) is 0 Å². The standard InChI is InChI=1S/C19H24N2O3S2/c1-4-24-19(23)17-14(13-5-6-13)11-26-18(17)20-16(22)10-21(3)9-15-12(2)7-8-25-15/h7-8,11,13H,4-6,9-10H2,1-3H3,(H,20,22). The van der Waals surface area contributed by atoms with E-state index in [0.717, 1.165) is 24.9 Å². The first-order chi connectivity index (χ1) is 12.5. The third-order valence-corrected chi connectivity index (χ3v) is 6.29. The number of nitrogens with zero attached hydrogens (tertiary/aromatic N) is 1. The molecule has 0 spiro atoms. The number of thiophene rings is 2. The number of aryl methyl sites for hydroxylation is 1. The van der Waals surface area contributed by atoms with Crippen LogP contribution in [0.2, 0.25) is 0 Å². The Kier molecular flexibility index (Phi) is 6.11. The van der Waals surface area contributed by atoms with E-state index in [2.05, 4.69) is 23.7 Å². The molecule has 140 valence electrons. The largest absolute Gasteiger partial charge is 0.462 e. The Bertz CT molecular complexity index is 793. The lowest BCUT2D eigenvalue weighted by molar-refractivity contribution is -0.117. The molecule has 3 rings (SSSR count). The maximum atomic E-state index is 12.5. The molecule has 2 heterocycles. The summed E-state index contributed by atoms with van der Waals surface area (Å²) in [6, 6.07) is 2.09. The highest BCUT2D eigenvalue weighted by Crippen LogP contribution is 2.46. The molecule has 5 nitrogen and oxygen atoms in total. The van der Waals surface area contributed by atoms with E-state index in [1.54, 1.807) is 18.3 Å². The third-order valence-electron chi connectivity index (χ3n) is 4.36. The molecule has 1 aliphatic rings. The molecule has 7 heteroatoms. The number of esters is 1. The molecule has 2 aromatic rings. The van der Waals surface area contributed by atoms with Crippen molar-refractivity contribution in [3.63, 3.8) is 0 Å². The number of carbonyl (C=O) groups excluding carboxylic acids is 2. The highest BCUT2D eigenvalue weighted by Gasteiger charge is 2.32. The average molecular weight is 393 g/mol. The first-order valence-corrected chi connectivity index (χ1v) is 10.5. The van der Waals surface area contributed by atoms with Gasteiger partial charge >= 0.3 is 5.97 Å². The summed E-state index contributed by atoms with van der Waals surface area (Å²) in [4.78, 5) is 28.1. The van der Waals surface area contributed by atoms with Crippen LogP contribution in [0.15, 0.2) is 16.8 Å². The van der Waals surface area contributed by atoms with Crippen molar-refractivity contribution in [2.24, 2.45) is 0 Å². The van der Waals surface area contributed by atoms with E-state index in [0.29, 0.717) is 23.1 Å². The fourth-order valence-electron chi connectivity index (χ4n) is 2.85. The number of hydrogen-bond acceptors (Lipinski definition) is 6. The van der Waals surface area contributed by atoms with Gasteiger partial charge in [0.05, 0.1) is 18.7 Å². The molecular formula is C19H24N2O3S2. The van der Waals surface area contributed by atoms with Crippen LogP contribution in [-0.4, -0.2) is 37.0 Å². The van der Waals surface area contributed by atoms with Gasteiger partial charge in [-0.2, -0.15) is 0 Å². The second-order valence-electron chi connectivity index (χ2n) is 6.64. The van der Waals surface area contributed by atoms with E-state index in [-0.39, 0.29) is 18.4 Å². The predicted octanol–water partition coefficient (Wildman–Crippen LogP) is 4.24. The molecule has 0 aliphatic heterocycles. The molecule has 1 saturated carbocycles. The van der Waals surface area contributed by atoms with Crippen molar-refractivity contribution in [1.82, 2.24) is 4.90 Å². The van der Waals surface area contributed by atoms with Gasteiger partial charge in [-0.3, -0.25) is 9.69 Å². The number of carbonyl (C=O) groups is 2. The first kappa shape index (κ1) is 19.1. The zero-order valence-corrected chi connectivity index (χ0v) is 17.0. The minimum absolute atomic E-state index is 0.114. The second-order valence-corrected chi connectivity index (χ2v) is 8.52.